The number of benzene rings is 2. The number of anilines is 2. The minimum Gasteiger partial charge on any atom is -0.321 e. The first-order valence-electron chi connectivity index (χ1n) is 10.1. The van der Waals surface area contributed by atoms with Gasteiger partial charge in [-0.1, -0.05) is 30.3 Å². The van der Waals surface area contributed by atoms with Gasteiger partial charge in [0, 0.05) is 11.9 Å². The number of hydrogen-bond acceptors (Lipinski definition) is 4. The molecule has 0 fully saturated rings. The average molecular weight is 481 g/mol. The standard InChI is InChI=1S/C24H15F4N5O2/c25-17-10-4-6-14(11-12-29)18(17)31-22(34)16-9-5-13-33-19(20(24(26,27)28)32-21(16)33)23(35)30-15-7-2-1-3-8-15/h1-10,13H,11H2,(H,30,35)(H,31,34). The van der Waals surface area contributed by atoms with E-state index in [2.05, 4.69) is 15.6 Å². The third-order valence-corrected chi connectivity index (χ3v) is 5.02. The Morgan fingerprint density at radius 1 is 0.971 bits per heavy atom. The Kier molecular flexibility index (Phi) is 6.20. The fourth-order valence-electron chi connectivity index (χ4n) is 3.49. The molecule has 2 aromatic carbocycles. The summed E-state index contributed by atoms with van der Waals surface area (Å²) in [6.45, 7) is 0. The second-order valence-electron chi connectivity index (χ2n) is 7.31. The van der Waals surface area contributed by atoms with Crippen LogP contribution < -0.4 is 10.6 Å². The predicted octanol–water partition coefficient (Wildman–Crippen LogP) is 5.06. The van der Waals surface area contributed by atoms with Crippen LogP contribution in [0.25, 0.3) is 5.65 Å². The number of carbonyl (C=O) groups is 2. The number of halogens is 4. The molecule has 0 bridgehead atoms. The molecule has 0 aliphatic heterocycles. The number of amides is 2. The number of nitrogens with zero attached hydrogens (tertiary/aromatic N) is 3. The van der Waals surface area contributed by atoms with Crippen molar-refractivity contribution in [1.82, 2.24) is 9.38 Å². The summed E-state index contributed by atoms with van der Waals surface area (Å²) in [6, 6.07) is 16.0. The first kappa shape index (κ1) is 23.4. The van der Waals surface area contributed by atoms with Crippen LogP contribution in [0.4, 0.5) is 28.9 Å². The molecule has 11 heteroatoms. The predicted molar refractivity (Wildman–Crippen MR) is 118 cm³/mol. The smallest absolute Gasteiger partial charge is 0.321 e. The van der Waals surface area contributed by atoms with Crippen molar-refractivity contribution in [2.24, 2.45) is 0 Å². The van der Waals surface area contributed by atoms with Crippen molar-refractivity contribution in [1.29, 1.82) is 5.26 Å². The Labute approximate surface area is 195 Å². The summed E-state index contributed by atoms with van der Waals surface area (Å²) in [5.41, 5.74) is -2.90. The van der Waals surface area contributed by atoms with Crippen molar-refractivity contribution in [3.8, 4) is 6.07 Å². The molecule has 0 radical (unpaired) electrons. The maximum atomic E-state index is 14.4. The summed E-state index contributed by atoms with van der Waals surface area (Å²) in [6.07, 6.45) is -4.05. The van der Waals surface area contributed by atoms with Gasteiger partial charge in [-0.15, -0.1) is 0 Å². The van der Waals surface area contributed by atoms with E-state index >= 15 is 0 Å². The fourth-order valence-corrected chi connectivity index (χ4v) is 3.49. The Morgan fingerprint density at radius 2 is 1.71 bits per heavy atom. The lowest BCUT2D eigenvalue weighted by Crippen LogP contribution is -2.20. The lowest BCUT2D eigenvalue weighted by molar-refractivity contribution is -0.141. The molecule has 176 valence electrons. The summed E-state index contributed by atoms with van der Waals surface area (Å²) < 4.78 is 56.7. The molecule has 7 nitrogen and oxygen atoms in total. The van der Waals surface area contributed by atoms with Crippen LogP contribution in [0.1, 0.15) is 32.1 Å². The molecule has 0 aliphatic rings. The highest BCUT2D eigenvalue weighted by atomic mass is 19.4. The number of fused-ring (bicyclic) bond motifs is 1. The van der Waals surface area contributed by atoms with E-state index in [1.807, 2.05) is 6.07 Å². The minimum atomic E-state index is -5.01. The Balaban J connectivity index is 1.80. The van der Waals surface area contributed by atoms with E-state index in [4.69, 9.17) is 5.26 Å². The normalized spacial score (nSPS) is 11.2. The Bertz CT molecular complexity index is 1470. The molecule has 4 rings (SSSR count). The zero-order valence-electron chi connectivity index (χ0n) is 17.7. The van der Waals surface area contributed by atoms with Crippen LogP contribution in [0.3, 0.4) is 0 Å². The van der Waals surface area contributed by atoms with Gasteiger partial charge in [0.05, 0.1) is 23.7 Å². The van der Waals surface area contributed by atoms with E-state index < -0.39 is 40.8 Å². The highest BCUT2D eigenvalue weighted by Gasteiger charge is 2.40. The highest BCUT2D eigenvalue weighted by molar-refractivity contribution is 6.10. The largest absolute Gasteiger partial charge is 0.435 e. The fraction of sp³-hybridized carbons (Fsp3) is 0.0833. The molecule has 2 heterocycles. The molecular weight excluding hydrogens is 466 g/mol. The molecule has 2 amide bonds. The third-order valence-electron chi connectivity index (χ3n) is 5.02. The van der Waals surface area contributed by atoms with Gasteiger partial charge in [-0.05, 0) is 35.9 Å². The zero-order chi connectivity index (χ0) is 25.2. The number of rotatable bonds is 5. The number of alkyl halides is 3. The van der Waals surface area contributed by atoms with Gasteiger partial charge in [-0.3, -0.25) is 14.0 Å². The minimum absolute atomic E-state index is 0.190. The van der Waals surface area contributed by atoms with Crippen molar-refractivity contribution >= 4 is 28.8 Å². The van der Waals surface area contributed by atoms with Crippen LogP contribution in [0, 0.1) is 17.1 Å². The van der Waals surface area contributed by atoms with Gasteiger partial charge < -0.3 is 10.6 Å². The summed E-state index contributed by atoms with van der Waals surface area (Å²) in [5, 5.41) is 13.6. The van der Waals surface area contributed by atoms with Crippen LogP contribution >= 0.6 is 0 Å². The summed E-state index contributed by atoms with van der Waals surface area (Å²) in [7, 11) is 0. The van der Waals surface area contributed by atoms with E-state index in [0.29, 0.717) is 0 Å². The van der Waals surface area contributed by atoms with Crippen molar-refractivity contribution in [2.45, 2.75) is 12.6 Å². The van der Waals surface area contributed by atoms with Crippen LogP contribution in [-0.2, 0) is 12.6 Å². The lowest BCUT2D eigenvalue weighted by Gasteiger charge is -2.11. The molecule has 2 aromatic heterocycles. The van der Waals surface area contributed by atoms with Gasteiger partial charge in [0.15, 0.2) is 11.3 Å². The van der Waals surface area contributed by atoms with Crippen LogP contribution in [-0.4, -0.2) is 21.2 Å². The van der Waals surface area contributed by atoms with Crippen LogP contribution in [0.15, 0.2) is 66.9 Å². The number of imidazole rings is 1. The molecule has 0 atom stereocenters. The molecular formula is C24H15F4N5O2. The maximum Gasteiger partial charge on any atom is 0.435 e. The van der Waals surface area contributed by atoms with E-state index in [0.717, 1.165) is 10.5 Å². The molecule has 0 aliphatic carbocycles. The molecule has 0 unspecified atom stereocenters. The number of carbonyl (C=O) groups excluding carboxylic acids is 2. The van der Waals surface area contributed by atoms with Crippen molar-refractivity contribution in [3.05, 3.63) is 95.2 Å². The molecule has 4 aromatic rings. The van der Waals surface area contributed by atoms with Gasteiger partial charge in [0.1, 0.15) is 11.5 Å². The zero-order valence-corrected chi connectivity index (χ0v) is 17.7. The number of aromatic nitrogens is 2. The van der Waals surface area contributed by atoms with Gasteiger partial charge in [-0.2, -0.15) is 18.4 Å². The summed E-state index contributed by atoms with van der Waals surface area (Å²) in [4.78, 5) is 29.4. The van der Waals surface area contributed by atoms with Crippen molar-refractivity contribution in [3.63, 3.8) is 0 Å². The van der Waals surface area contributed by atoms with Gasteiger partial charge in [-0.25, -0.2) is 9.37 Å². The SMILES string of the molecule is N#CCc1cccc(F)c1NC(=O)c1cccn2c(C(=O)Nc3ccccc3)c(C(F)(F)F)nc12. The second-order valence-corrected chi connectivity index (χ2v) is 7.31. The number of nitrogens with one attached hydrogen (secondary N) is 2. The molecule has 35 heavy (non-hydrogen) atoms. The van der Waals surface area contributed by atoms with E-state index in [1.54, 1.807) is 18.2 Å². The Hall–Kier alpha value is -4.72. The quantitative estimate of drug-likeness (QED) is 0.389. The highest BCUT2D eigenvalue weighted by Crippen LogP contribution is 2.33. The van der Waals surface area contributed by atoms with E-state index in [9.17, 15) is 27.2 Å². The number of para-hydroxylation sites is 2. The van der Waals surface area contributed by atoms with Gasteiger partial charge in [0.25, 0.3) is 11.8 Å². The molecule has 2 N–H and O–H groups in total. The topological polar surface area (TPSA) is 99.3 Å². The summed E-state index contributed by atoms with van der Waals surface area (Å²) in [5.74, 6) is -2.87. The van der Waals surface area contributed by atoms with Gasteiger partial charge in [0.2, 0.25) is 0 Å². The summed E-state index contributed by atoms with van der Waals surface area (Å²) >= 11 is 0. The van der Waals surface area contributed by atoms with Crippen LogP contribution in [0.5, 0.6) is 0 Å². The Morgan fingerprint density at radius 3 is 2.40 bits per heavy atom. The monoisotopic (exact) mass is 481 g/mol. The second kappa shape index (κ2) is 9.26. The number of pyridine rings is 1. The van der Waals surface area contributed by atoms with E-state index in [-0.39, 0.29) is 28.9 Å². The molecule has 0 saturated heterocycles. The first-order valence-corrected chi connectivity index (χ1v) is 10.1. The lowest BCUT2D eigenvalue weighted by atomic mass is 10.1. The average Bonchev–Trinajstić information content (AvgIpc) is 3.22. The van der Waals surface area contributed by atoms with Crippen LogP contribution in [0.2, 0.25) is 0 Å². The molecule has 0 saturated carbocycles. The maximum absolute atomic E-state index is 14.4. The van der Waals surface area contributed by atoms with Crippen molar-refractivity contribution < 1.29 is 27.2 Å². The third kappa shape index (κ3) is 4.67. The van der Waals surface area contributed by atoms with E-state index in [1.165, 1.54) is 42.6 Å². The first-order chi connectivity index (χ1) is 16.7. The number of nitriles is 1. The van der Waals surface area contributed by atoms with Gasteiger partial charge >= 0.3 is 6.18 Å². The number of hydrogen-bond donors (Lipinski definition) is 2. The van der Waals surface area contributed by atoms with Crippen molar-refractivity contribution in [2.75, 3.05) is 10.6 Å². The molecule has 0 spiro atoms.